The third kappa shape index (κ3) is 3.48. The maximum absolute atomic E-state index is 13.9. The Morgan fingerprint density at radius 3 is 2.96 bits per heavy atom. The van der Waals surface area contributed by atoms with Gasteiger partial charge in [-0.05, 0) is 36.8 Å². The second-order valence-corrected chi connectivity index (χ2v) is 6.71. The van der Waals surface area contributed by atoms with Crippen LogP contribution in [0.1, 0.15) is 5.56 Å². The van der Waals surface area contributed by atoms with Crippen molar-refractivity contribution in [3.8, 4) is 17.0 Å². The molecule has 28 heavy (non-hydrogen) atoms. The highest BCUT2D eigenvalue weighted by Crippen LogP contribution is 2.36. The SMILES string of the molecule is Cc1cc(-c2cccc(Cl)c2)nc2c1OCCN2C(=O)Nc1ccncc1F. The van der Waals surface area contributed by atoms with Gasteiger partial charge in [0.1, 0.15) is 6.61 Å². The highest BCUT2D eigenvalue weighted by atomic mass is 35.5. The summed E-state index contributed by atoms with van der Waals surface area (Å²) < 4.78 is 19.6. The van der Waals surface area contributed by atoms with Crippen LogP contribution in [0.3, 0.4) is 0 Å². The molecule has 0 unspecified atom stereocenters. The summed E-state index contributed by atoms with van der Waals surface area (Å²) in [4.78, 5) is 22.6. The molecule has 2 amide bonds. The Morgan fingerprint density at radius 1 is 1.32 bits per heavy atom. The molecule has 142 valence electrons. The van der Waals surface area contributed by atoms with E-state index in [1.807, 2.05) is 25.1 Å². The van der Waals surface area contributed by atoms with Crippen LogP contribution in [0.15, 0.2) is 48.8 Å². The normalized spacial score (nSPS) is 12.9. The highest BCUT2D eigenvalue weighted by Gasteiger charge is 2.28. The Kier molecular flexibility index (Phi) is 4.83. The number of ether oxygens (including phenoxy) is 1. The van der Waals surface area contributed by atoms with Gasteiger partial charge in [0.05, 0.1) is 24.1 Å². The number of anilines is 2. The number of rotatable bonds is 2. The average Bonchev–Trinajstić information content (AvgIpc) is 2.69. The van der Waals surface area contributed by atoms with Crippen LogP contribution in [0.4, 0.5) is 20.7 Å². The Balaban J connectivity index is 1.71. The molecule has 3 heterocycles. The number of pyridine rings is 2. The van der Waals surface area contributed by atoms with Crippen LogP contribution < -0.4 is 15.0 Å². The predicted molar refractivity (Wildman–Crippen MR) is 105 cm³/mol. The molecule has 0 bridgehead atoms. The molecular weight excluding hydrogens is 383 g/mol. The summed E-state index contributed by atoms with van der Waals surface area (Å²) in [5.74, 6) is 0.303. The third-order valence-electron chi connectivity index (χ3n) is 4.34. The zero-order chi connectivity index (χ0) is 19.7. The van der Waals surface area contributed by atoms with Crippen LogP contribution >= 0.6 is 11.6 Å². The average molecular weight is 399 g/mol. The van der Waals surface area contributed by atoms with E-state index < -0.39 is 11.8 Å². The van der Waals surface area contributed by atoms with E-state index in [9.17, 15) is 9.18 Å². The number of aryl methyl sites for hydroxylation is 1. The fourth-order valence-electron chi connectivity index (χ4n) is 3.00. The summed E-state index contributed by atoms with van der Waals surface area (Å²) in [5.41, 5.74) is 2.38. The first-order valence-corrected chi connectivity index (χ1v) is 8.99. The zero-order valence-electron chi connectivity index (χ0n) is 14.9. The molecule has 0 aliphatic carbocycles. The largest absolute Gasteiger partial charge is 0.488 e. The minimum atomic E-state index is -0.610. The van der Waals surface area contributed by atoms with E-state index in [2.05, 4.69) is 15.3 Å². The maximum atomic E-state index is 13.9. The van der Waals surface area contributed by atoms with Gasteiger partial charge >= 0.3 is 6.03 Å². The summed E-state index contributed by atoms with van der Waals surface area (Å²) in [6, 6.07) is 10.1. The van der Waals surface area contributed by atoms with Crippen molar-refractivity contribution in [1.29, 1.82) is 0 Å². The van der Waals surface area contributed by atoms with Gasteiger partial charge in [-0.25, -0.2) is 14.2 Å². The quantitative estimate of drug-likeness (QED) is 0.680. The Bertz CT molecular complexity index is 1060. The summed E-state index contributed by atoms with van der Waals surface area (Å²) >= 11 is 6.09. The van der Waals surface area contributed by atoms with Gasteiger partial charge in [-0.2, -0.15) is 0 Å². The first-order chi connectivity index (χ1) is 13.5. The van der Waals surface area contributed by atoms with E-state index in [4.69, 9.17) is 16.3 Å². The lowest BCUT2D eigenvalue weighted by atomic mass is 10.1. The summed E-state index contributed by atoms with van der Waals surface area (Å²) in [5, 5.41) is 3.16. The van der Waals surface area contributed by atoms with Crippen LogP contribution in [0.25, 0.3) is 11.3 Å². The van der Waals surface area contributed by atoms with Crippen molar-refractivity contribution < 1.29 is 13.9 Å². The number of hydrogen-bond acceptors (Lipinski definition) is 4. The molecular formula is C20H16ClFN4O2. The number of hydrogen-bond donors (Lipinski definition) is 1. The van der Waals surface area contributed by atoms with Crippen molar-refractivity contribution in [1.82, 2.24) is 9.97 Å². The Labute approximate surface area is 165 Å². The first-order valence-electron chi connectivity index (χ1n) is 8.61. The predicted octanol–water partition coefficient (Wildman–Crippen LogP) is 4.68. The van der Waals surface area contributed by atoms with Gasteiger partial charge in [-0.3, -0.25) is 9.88 Å². The molecule has 0 atom stereocenters. The lowest BCUT2D eigenvalue weighted by Gasteiger charge is -2.30. The third-order valence-corrected chi connectivity index (χ3v) is 4.57. The minimum Gasteiger partial charge on any atom is -0.488 e. The van der Waals surface area contributed by atoms with Crippen molar-refractivity contribution >= 4 is 29.1 Å². The standard InChI is InChI=1S/C20H16ClFN4O2/c1-12-9-17(13-3-2-4-14(21)10-13)24-19-18(12)28-8-7-26(19)20(27)25-16-5-6-23-11-15(16)22/h2-6,9-11H,7-8H2,1H3,(H,23,25,27). The molecule has 0 saturated heterocycles. The fourth-order valence-corrected chi connectivity index (χ4v) is 3.19. The number of carbonyl (C=O) groups is 1. The van der Waals surface area contributed by atoms with Gasteiger partial charge in [0.2, 0.25) is 0 Å². The van der Waals surface area contributed by atoms with E-state index >= 15 is 0 Å². The molecule has 6 nitrogen and oxygen atoms in total. The minimum absolute atomic E-state index is 0.0516. The van der Waals surface area contributed by atoms with Crippen LogP contribution in [-0.2, 0) is 0 Å². The van der Waals surface area contributed by atoms with Gasteiger partial charge in [-0.1, -0.05) is 23.7 Å². The molecule has 1 N–H and O–H groups in total. The fraction of sp³-hybridized carbons (Fsp3) is 0.150. The molecule has 1 aliphatic rings. The number of nitrogens with one attached hydrogen (secondary N) is 1. The van der Waals surface area contributed by atoms with Gasteiger partial charge < -0.3 is 10.1 Å². The Hall–Kier alpha value is -3.19. The van der Waals surface area contributed by atoms with Crippen LogP contribution in [-0.4, -0.2) is 29.2 Å². The summed E-state index contributed by atoms with van der Waals surface area (Å²) in [6.45, 7) is 2.49. The molecule has 1 aromatic carbocycles. The van der Waals surface area contributed by atoms with E-state index in [1.165, 1.54) is 17.2 Å². The second-order valence-electron chi connectivity index (χ2n) is 6.27. The van der Waals surface area contributed by atoms with Crippen molar-refractivity contribution in [2.75, 3.05) is 23.4 Å². The summed E-state index contributed by atoms with van der Waals surface area (Å²) in [7, 11) is 0. The van der Waals surface area contributed by atoms with E-state index in [0.717, 1.165) is 17.3 Å². The number of benzene rings is 1. The molecule has 0 fully saturated rings. The lowest BCUT2D eigenvalue weighted by molar-refractivity contribution is 0.249. The van der Waals surface area contributed by atoms with Crippen molar-refractivity contribution in [3.63, 3.8) is 0 Å². The topological polar surface area (TPSA) is 67.3 Å². The molecule has 2 aromatic heterocycles. The van der Waals surface area contributed by atoms with Gasteiger partial charge in [0.25, 0.3) is 0 Å². The molecule has 3 aromatic rings. The maximum Gasteiger partial charge on any atom is 0.327 e. The Morgan fingerprint density at radius 2 is 2.18 bits per heavy atom. The number of nitrogens with zero attached hydrogens (tertiary/aromatic N) is 3. The molecule has 4 rings (SSSR count). The molecule has 0 saturated carbocycles. The highest BCUT2D eigenvalue weighted by molar-refractivity contribution is 6.30. The number of carbonyl (C=O) groups excluding carboxylic acids is 1. The first kappa shape index (κ1) is 18.2. The van der Waals surface area contributed by atoms with Crippen molar-refractivity contribution in [3.05, 3.63) is 65.2 Å². The van der Waals surface area contributed by atoms with Crippen LogP contribution in [0.2, 0.25) is 5.02 Å². The molecule has 0 radical (unpaired) electrons. The van der Waals surface area contributed by atoms with Gasteiger partial charge in [0, 0.05) is 16.8 Å². The van der Waals surface area contributed by atoms with Crippen LogP contribution in [0.5, 0.6) is 5.75 Å². The van der Waals surface area contributed by atoms with Gasteiger partial charge in [-0.15, -0.1) is 0 Å². The van der Waals surface area contributed by atoms with E-state index in [1.54, 1.807) is 12.1 Å². The number of amides is 2. The number of urea groups is 1. The summed E-state index contributed by atoms with van der Waals surface area (Å²) in [6.07, 6.45) is 2.45. The molecule has 1 aliphatic heterocycles. The van der Waals surface area contributed by atoms with Gasteiger partial charge in [0.15, 0.2) is 17.4 Å². The lowest BCUT2D eigenvalue weighted by Crippen LogP contribution is -2.41. The number of aromatic nitrogens is 2. The zero-order valence-corrected chi connectivity index (χ0v) is 15.7. The smallest absolute Gasteiger partial charge is 0.327 e. The monoisotopic (exact) mass is 398 g/mol. The second kappa shape index (κ2) is 7.44. The van der Waals surface area contributed by atoms with E-state index in [0.29, 0.717) is 28.9 Å². The number of halogens is 2. The molecule has 0 spiro atoms. The van der Waals surface area contributed by atoms with Crippen LogP contribution in [0, 0.1) is 12.7 Å². The number of fused-ring (bicyclic) bond motifs is 1. The van der Waals surface area contributed by atoms with Crippen molar-refractivity contribution in [2.45, 2.75) is 6.92 Å². The van der Waals surface area contributed by atoms with E-state index in [-0.39, 0.29) is 12.2 Å². The molecule has 8 heteroatoms. The van der Waals surface area contributed by atoms with Crippen molar-refractivity contribution in [2.24, 2.45) is 0 Å².